The molecule has 3 heterocycles. The molecule has 3 atom stereocenters. The molecule has 0 unspecified atom stereocenters. The van der Waals surface area contributed by atoms with Gasteiger partial charge in [-0.05, 0) is 35.7 Å². The van der Waals surface area contributed by atoms with E-state index in [1.54, 1.807) is 30.5 Å². The highest BCUT2D eigenvalue weighted by molar-refractivity contribution is 6.07. The predicted molar refractivity (Wildman–Crippen MR) is 129 cm³/mol. The third-order valence-corrected chi connectivity index (χ3v) is 6.98. The van der Waals surface area contributed by atoms with Gasteiger partial charge in [0.2, 0.25) is 5.41 Å². The third kappa shape index (κ3) is 3.58. The maximum absolute atomic E-state index is 14.0. The van der Waals surface area contributed by atoms with Gasteiger partial charge in [-0.15, -0.1) is 0 Å². The molecule has 5 rings (SSSR count). The Morgan fingerprint density at radius 3 is 2.30 bits per heavy atom. The third-order valence-electron chi connectivity index (χ3n) is 6.98. The van der Waals surface area contributed by atoms with Crippen molar-refractivity contribution in [3.63, 3.8) is 0 Å². The second-order valence-corrected chi connectivity index (χ2v) is 9.74. The molecule has 0 saturated carbocycles. The van der Waals surface area contributed by atoms with Crippen LogP contribution in [0.5, 0.6) is 11.5 Å². The number of ether oxygens (including phenoxy) is 4. The number of rotatable bonds is 4. The SMILES string of the molecule is COc1cc([C@H]2[C@@H](C(C)=O)N3N=Cc4ccccc4[C@@H]3C23C(=O)OC(C)(C)OC3=O)ccc1OC(C)=O. The van der Waals surface area contributed by atoms with Crippen LogP contribution in [-0.2, 0) is 28.7 Å². The second-order valence-electron chi connectivity index (χ2n) is 9.74. The molecule has 0 aliphatic carbocycles. The van der Waals surface area contributed by atoms with Crippen LogP contribution in [0, 0.1) is 5.41 Å². The number of methoxy groups -OCH3 is 1. The van der Waals surface area contributed by atoms with E-state index < -0.39 is 47.1 Å². The predicted octanol–water partition coefficient (Wildman–Crippen LogP) is 2.89. The van der Waals surface area contributed by atoms with E-state index in [1.165, 1.54) is 45.9 Å². The van der Waals surface area contributed by atoms with Gasteiger partial charge in [-0.2, -0.15) is 5.10 Å². The molecular weight excluding hydrogens is 480 g/mol. The molecule has 0 bridgehead atoms. The summed E-state index contributed by atoms with van der Waals surface area (Å²) in [6.07, 6.45) is 1.60. The molecular formula is C27H26N2O8. The minimum Gasteiger partial charge on any atom is -0.493 e. The average molecular weight is 507 g/mol. The van der Waals surface area contributed by atoms with Gasteiger partial charge in [-0.25, -0.2) is 0 Å². The van der Waals surface area contributed by atoms with Crippen LogP contribution in [0.2, 0.25) is 0 Å². The average Bonchev–Trinajstić information content (AvgIpc) is 3.15. The second kappa shape index (κ2) is 8.43. The van der Waals surface area contributed by atoms with E-state index in [0.717, 1.165) is 0 Å². The van der Waals surface area contributed by atoms with E-state index in [1.807, 2.05) is 12.1 Å². The summed E-state index contributed by atoms with van der Waals surface area (Å²) in [6, 6.07) is 9.89. The summed E-state index contributed by atoms with van der Waals surface area (Å²) in [4.78, 5) is 52.8. The van der Waals surface area contributed by atoms with E-state index >= 15 is 0 Å². The minimum atomic E-state index is -1.96. The molecule has 10 nitrogen and oxygen atoms in total. The number of hydrazone groups is 1. The zero-order valence-electron chi connectivity index (χ0n) is 21.0. The van der Waals surface area contributed by atoms with Crippen molar-refractivity contribution in [2.75, 3.05) is 7.11 Å². The van der Waals surface area contributed by atoms with Gasteiger partial charge < -0.3 is 18.9 Å². The van der Waals surface area contributed by atoms with Crippen molar-refractivity contribution in [3.8, 4) is 11.5 Å². The Morgan fingerprint density at radius 2 is 1.68 bits per heavy atom. The minimum absolute atomic E-state index is 0.154. The molecule has 3 aliphatic rings. The molecule has 3 aliphatic heterocycles. The highest BCUT2D eigenvalue weighted by atomic mass is 16.7. The van der Waals surface area contributed by atoms with E-state index in [0.29, 0.717) is 16.7 Å². The molecule has 0 aromatic heterocycles. The van der Waals surface area contributed by atoms with E-state index in [9.17, 15) is 19.2 Å². The fraction of sp³-hybridized carbons (Fsp3) is 0.370. The number of cyclic esters (lactones) is 2. The summed E-state index contributed by atoms with van der Waals surface area (Å²) >= 11 is 0. The zero-order chi connectivity index (χ0) is 26.7. The van der Waals surface area contributed by atoms with Crippen molar-refractivity contribution in [3.05, 3.63) is 59.2 Å². The highest BCUT2D eigenvalue weighted by Gasteiger charge is 2.74. The monoisotopic (exact) mass is 506 g/mol. The number of ketones is 1. The summed E-state index contributed by atoms with van der Waals surface area (Å²) in [5, 5.41) is 6.04. The first kappa shape index (κ1) is 24.5. The smallest absolute Gasteiger partial charge is 0.330 e. The van der Waals surface area contributed by atoms with Crippen LogP contribution < -0.4 is 9.47 Å². The zero-order valence-corrected chi connectivity index (χ0v) is 21.0. The molecule has 1 spiro atoms. The maximum Gasteiger partial charge on any atom is 0.330 e. The fourth-order valence-electron chi connectivity index (χ4n) is 5.65. The normalized spacial score (nSPS) is 24.6. The van der Waals surface area contributed by atoms with Crippen LogP contribution in [0.1, 0.15) is 56.3 Å². The number of nitrogens with zero attached hydrogens (tertiary/aromatic N) is 2. The summed E-state index contributed by atoms with van der Waals surface area (Å²) < 4.78 is 22.0. The quantitative estimate of drug-likeness (QED) is 0.350. The lowest BCUT2D eigenvalue weighted by Gasteiger charge is -2.44. The van der Waals surface area contributed by atoms with Gasteiger partial charge in [0.25, 0.3) is 5.79 Å². The van der Waals surface area contributed by atoms with E-state index in [4.69, 9.17) is 18.9 Å². The van der Waals surface area contributed by atoms with Crippen LogP contribution in [0.15, 0.2) is 47.6 Å². The lowest BCUT2D eigenvalue weighted by atomic mass is 9.65. The lowest BCUT2D eigenvalue weighted by molar-refractivity contribution is -0.254. The Balaban J connectivity index is 1.79. The summed E-state index contributed by atoms with van der Waals surface area (Å²) in [7, 11) is 1.40. The number of hydrogen-bond donors (Lipinski definition) is 0. The molecule has 2 aromatic carbocycles. The molecule has 2 fully saturated rings. The molecule has 2 saturated heterocycles. The lowest BCUT2D eigenvalue weighted by Crippen LogP contribution is -2.58. The Hall–Kier alpha value is -4.21. The van der Waals surface area contributed by atoms with Crippen LogP contribution >= 0.6 is 0 Å². The van der Waals surface area contributed by atoms with Crippen molar-refractivity contribution in [1.29, 1.82) is 0 Å². The topological polar surface area (TPSA) is 121 Å². The largest absolute Gasteiger partial charge is 0.493 e. The first-order valence-corrected chi connectivity index (χ1v) is 11.8. The van der Waals surface area contributed by atoms with Crippen LogP contribution in [-0.4, -0.2) is 53.9 Å². The number of hydrogen-bond acceptors (Lipinski definition) is 10. The molecule has 0 N–H and O–H groups in total. The van der Waals surface area contributed by atoms with Crippen LogP contribution in [0.25, 0.3) is 0 Å². The van der Waals surface area contributed by atoms with Crippen LogP contribution in [0.3, 0.4) is 0 Å². The summed E-state index contributed by atoms with van der Waals surface area (Å²) in [6.45, 7) is 5.60. The van der Waals surface area contributed by atoms with Gasteiger partial charge in [-0.1, -0.05) is 30.3 Å². The number of carbonyl (C=O) groups excluding carboxylic acids is 4. The van der Waals surface area contributed by atoms with E-state index in [-0.39, 0.29) is 17.3 Å². The fourth-order valence-corrected chi connectivity index (χ4v) is 5.65. The molecule has 2 aromatic rings. The van der Waals surface area contributed by atoms with Gasteiger partial charge in [-0.3, -0.25) is 24.2 Å². The molecule has 192 valence electrons. The number of carbonyl (C=O) groups is 4. The first-order valence-electron chi connectivity index (χ1n) is 11.8. The molecule has 10 heteroatoms. The summed E-state index contributed by atoms with van der Waals surface area (Å²) in [5.41, 5.74) is -0.195. The summed E-state index contributed by atoms with van der Waals surface area (Å²) in [5.74, 6) is -4.68. The number of Topliss-reactive ketones (excluding diaryl/α,β-unsaturated/α-hetero) is 1. The van der Waals surface area contributed by atoms with Gasteiger partial charge in [0.1, 0.15) is 12.1 Å². The first-order chi connectivity index (χ1) is 17.5. The Kier molecular flexibility index (Phi) is 5.58. The van der Waals surface area contributed by atoms with Crippen molar-refractivity contribution in [2.45, 2.75) is 51.5 Å². The molecule has 0 radical (unpaired) electrons. The van der Waals surface area contributed by atoms with Crippen molar-refractivity contribution < 1.29 is 38.1 Å². The van der Waals surface area contributed by atoms with Crippen molar-refractivity contribution in [1.82, 2.24) is 5.01 Å². The Bertz CT molecular complexity index is 1340. The van der Waals surface area contributed by atoms with Gasteiger partial charge >= 0.3 is 17.9 Å². The maximum atomic E-state index is 14.0. The van der Waals surface area contributed by atoms with Crippen molar-refractivity contribution >= 4 is 29.9 Å². The molecule has 0 amide bonds. The van der Waals surface area contributed by atoms with E-state index in [2.05, 4.69) is 5.10 Å². The Morgan fingerprint density at radius 1 is 1.00 bits per heavy atom. The standard InChI is InChI=1S/C27H26N2O8/c1-14(30)22-21(16-10-11-19(35-15(2)31)20(12-16)34-5)27(24(32)36-26(3,4)37-25(27)33)23-18-9-7-6-8-17(18)13-28-29(22)23/h6-13,21-23H,1-5H3/t21-,22+,23+/m0/s1. The number of benzene rings is 2. The highest BCUT2D eigenvalue weighted by Crippen LogP contribution is 2.63. The number of esters is 3. The van der Waals surface area contributed by atoms with Crippen LogP contribution in [0.4, 0.5) is 0 Å². The number of fused-ring (bicyclic) bond motifs is 4. The van der Waals surface area contributed by atoms with Crippen molar-refractivity contribution in [2.24, 2.45) is 10.5 Å². The van der Waals surface area contributed by atoms with Gasteiger partial charge in [0.15, 0.2) is 17.3 Å². The van der Waals surface area contributed by atoms with Gasteiger partial charge in [0.05, 0.1) is 13.3 Å². The molecule has 37 heavy (non-hydrogen) atoms. The Labute approximate surface area is 213 Å². The van der Waals surface area contributed by atoms with Gasteiger partial charge in [0, 0.05) is 26.7 Å².